The van der Waals surface area contributed by atoms with Crippen LogP contribution in [0.4, 0.5) is 5.82 Å². The fourth-order valence-corrected chi connectivity index (χ4v) is 4.74. The van der Waals surface area contributed by atoms with Crippen LogP contribution in [0.2, 0.25) is 0 Å². The number of hydrogen-bond donors (Lipinski definition) is 2. The molecular weight excluding hydrogens is 334 g/mol. The number of ether oxygens (including phenoxy) is 1. The van der Waals surface area contributed by atoms with Crippen LogP contribution in [0.1, 0.15) is 31.2 Å². The average Bonchev–Trinajstić information content (AvgIpc) is 3.11. The third-order valence-electron chi connectivity index (χ3n) is 5.32. The molecule has 0 unspecified atom stereocenters. The van der Waals surface area contributed by atoms with Gasteiger partial charge >= 0.3 is 0 Å². The van der Waals surface area contributed by atoms with Crippen LogP contribution in [0.3, 0.4) is 0 Å². The highest BCUT2D eigenvalue weighted by atomic mass is 32.1. The fraction of sp³-hybridized carbons (Fsp3) is 0.368. The van der Waals surface area contributed by atoms with Crippen LogP contribution in [0.5, 0.6) is 11.5 Å². The summed E-state index contributed by atoms with van der Waals surface area (Å²) in [6.07, 6.45) is 4.82. The van der Waals surface area contributed by atoms with Crippen LogP contribution in [0.15, 0.2) is 23.6 Å². The molecule has 0 saturated heterocycles. The number of anilines is 1. The minimum absolute atomic E-state index is 0.199. The van der Waals surface area contributed by atoms with Crippen molar-refractivity contribution in [3.05, 3.63) is 29.1 Å². The van der Waals surface area contributed by atoms with Gasteiger partial charge in [0.2, 0.25) is 0 Å². The van der Waals surface area contributed by atoms with Gasteiger partial charge < -0.3 is 15.2 Å². The Hall–Kier alpha value is -2.34. The third-order valence-corrected chi connectivity index (χ3v) is 6.20. The lowest BCUT2D eigenvalue weighted by molar-refractivity contribution is 0.129. The summed E-state index contributed by atoms with van der Waals surface area (Å²) in [5, 5.41) is 25.8. The number of nitrogens with one attached hydrogen (secondary N) is 1. The first-order valence-electron chi connectivity index (χ1n) is 8.72. The normalized spacial score (nSPS) is 22.0. The standard InChI is InChI=1S/C19H19N3O2S/c1-10-16(12-6-7-15-11(17(12)23)8-9-25-15)21-22-19-18(10)24-14-5-3-2-4-13(14)20-19/h6-9,13-14,23H,2-5H2,1H3,(H,20,22)/t13-,14-/m0/s1. The van der Waals surface area contributed by atoms with Gasteiger partial charge in [-0.15, -0.1) is 21.5 Å². The Kier molecular flexibility index (Phi) is 3.35. The van der Waals surface area contributed by atoms with Crippen LogP contribution < -0.4 is 10.1 Å². The van der Waals surface area contributed by atoms with E-state index in [0.29, 0.717) is 17.3 Å². The highest BCUT2D eigenvalue weighted by Crippen LogP contribution is 2.43. The molecule has 128 valence electrons. The zero-order valence-corrected chi connectivity index (χ0v) is 14.8. The second-order valence-electron chi connectivity index (χ2n) is 6.84. The summed E-state index contributed by atoms with van der Waals surface area (Å²) >= 11 is 1.61. The lowest BCUT2D eigenvalue weighted by Crippen LogP contribution is -2.44. The van der Waals surface area contributed by atoms with Crippen molar-refractivity contribution in [3.8, 4) is 22.8 Å². The second kappa shape index (κ2) is 5.59. The zero-order valence-electron chi connectivity index (χ0n) is 14.0. The number of fused-ring (bicyclic) bond motifs is 3. The molecule has 2 N–H and O–H groups in total. The highest BCUT2D eigenvalue weighted by Gasteiger charge is 2.34. The smallest absolute Gasteiger partial charge is 0.191 e. The molecule has 0 radical (unpaired) electrons. The summed E-state index contributed by atoms with van der Waals surface area (Å²) in [7, 11) is 0. The van der Waals surface area contributed by atoms with Crippen molar-refractivity contribution in [1.29, 1.82) is 0 Å². The second-order valence-corrected chi connectivity index (χ2v) is 7.78. The van der Waals surface area contributed by atoms with Crippen molar-refractivity contribution in [2.75, 3.05) is 5.32 Å². The van der Waals surface area contributed by atoms with E-state index in [-0.39, 0.29) is 11.9 Å². The number of nitrogens with zero attached hydrogens (tertiary/aromatic N) is 2. The molecule has 3 aromatic rings. The number of phenols is 1. The number of aromatic nitrogens is 2. The number of phenolic OH excluding ortho intramolecular Hbond substituents is 1. The van der Waals surface area contributed by atoms with Crippen molar-refractivity contribution in [2.24, 2.45) is 0 Å². The Morgan fingerprint density at radius 1 is 1.20 bits per heavy atom. The van der Waals surface area contributed by atoms with Gasteiger partial charge in [-0.3, -0.25) is 0 Å². The van der Waals surface area contributed by atoms with E-state index in [0.717, 1.165) is 40.1 Å². The molecule has 2 atom stereocenters. The molecule has 1 saturated carbocycles. The molecule has 2 aromatic heterocycles. The predicted octanol–water partition coefficient (Wildman–Crippen LogP) is 4.49. The molecular formula is C19H19N3O2S. The minimum Gasteiger partial charge on any atom is -0.507 e. The number of rotatable bonds is 1. The Bertz CT molecular complexity index is 969. The Morgan fingerprint density at radius 2 is 2.08 bits per heavy atom. The monoisotopic (exact) mass is 353 g/mol. The largest absolute Gasteiger partial charge is 0.507 e. The molecule has 5 rings (SSSR count). The molecule has 0 spiro atoms. The van der Waals surface area contributed by atoms with Crippen molar-refractivity contribution in [3.63, 3.8) is 0 Å². The molecule has 1 aromatic carbocycles. The van der Waals surface area contributed by atoms with Crippen molar-refractivity contribution in [1.82, 2.24) is 10.2 Å². The van der Waals surface area contributed by atoms with Gasteiger partial charge in [0, 0.05) is 21.2 Å². The van der Waals surface area contributed by atoms with E-state index in [4.69, 9.17) is 4.74 Å². The lowest BCUT2D eigenvalue weighted by atomic mass is 9.91. The van der Waals surface area contributed by atoms with Gasteiger partial charge in [-0.1, -0.05) is 6.42 Å². The molecule has 2 aliphatic rings. The summed E-state index contributed by atoms with van der Waals surface area (Å²) in [6, 6.07) is 6.20. The first-order chi connectivity index (χ1) is 12.2. The van der Waals surface area contributed by atoms with E-state index in [1.807, 2.05) is 30.5 Å². The van der Waals surface area contributed by atoms with E-state index in [1.54, 1.807) is 11.3 Å². The van der Waals surface area contributed by atoms with Crippen molar-refractivity contribution in [2.45, 2.75) is 44.8 Å². The number of aromatic hydroxyl groups is 1. The van der Waals surface area contributed by atoms with Gasteiger partial charge in [0.15, 0.2) is 11.6 Å². The maximum atomic E-state index is 10.7. The summed E-state index contributed by atoms with van der Waals surface area (Å²) in [4.78, 5) is 0. The topological polar surface area (TPSA) is 67.3 Å². The Labute approximate surface area is 149 Å². The maximum Gasteiger partial charge on any atom is 0.191 e. The predicted molar refractivity (Wildman–Crippen MR) is 99.5 cm³/mol. The third kappa shape index (κ3) is 2.28. The van der Waals surface area contributed by atoms with E-state index in [9.17, 15) is 5.11 Å². The molecule has 6 heteroatoms. The molecule has 3 heterocycles. The summed E-state index contributed by atoms with van der Waals surface area (Å²) in [5.74, 6) is 1.76. The van der Waals surface area contributed by atoms with E-state index in [1.165, 1.54) is 12.8 Å². The minimum atomic E-state index is 0.199. The van der Waals surface area contributed by atoms with Gasteiger partial charge in [0.05, 0.1) is 6.04 Å². The van der Waals surface area contributed by atoms with Gasteiger partial charge in [-0.05, 0) is 49.8 Å². The Balaban J connectivity index is 1.62. The molecule has 1 fully saturated rings. The molecule has 5 nitrogen and oxygen atoms in total. The van der Waals surface area contributed by atoms with E-state index >= 15 is 0 Å². The lowest BCUT2D eigenvalue weighted by Gasteiger charge is -2.37. The van der Waals surface area contributed by atoms with Gasteiger partial charge in [-0.25, -0.2) is 0 Å². The highest BCUT2D eigenvalue weighted by molar-refractivity contribution is 7.17. The van der Waals surface area contributed by atoms with E-state index < -0.39 is 0 Å². The van der Waals surface area contributed by atoms with Crippen molar-refractivity contribution < 1.29 is 9.84 Å². The van der Waals surface area contributed by atoms with Crippen LogP contribution in [-0.2, 0) is 0 Å². The summed E-state index contributed by atoms with van der Waals surface area (Å²) < 4.78 is 7.36. The van der Waals surface area contributed by atoms with Crippen LogP contribution in [0, 0.1) is 6.92 Å². The zero-order chi connectivity index (χ0) is 17.0. The maximum absolute atomic E-state index is 10.7. The number of hydrogen-bond acceptors (Lipinski definition) is 6. The molecule has 0 bridgehead atoms. The Morgan fingerprint density at radius 3 is 3.00 bits per heavy atom. The van der Waals surface area contributed by atoms with Crippen LogP contribution >= 0.6 is 11.3 Å². The molecule has 0 amide bonds. The summed E-state index contributed by atoms with van der Waals surface area (Å²) in [6.45, 7) is 1.99. The first kappa shape index (κ1) is 15.0. The van der Waals surface area contributed by atoms with Gasteiger partial charge in [0.25, 0.3) is 0 Å². The van der Waals surface area contributed by atoms with Crippen LogP contribution in [0.25, 0.3) is 21.3 Å². The summed E-state index contributed by atoms with van der Waals surface area (Å²) in [5.41, 5.74) is 2.31. The van der Waals surface area contributed by atoms with Crippen LogP contribution in [-0.4, -0.2) is 27.4 Å². The molecule has 1 aliphatic heterocycles. The van der Waals surface area contributed by atoms with E-state index in [2.05, 4.69) is 15.5 Å². The number of benzene rings is 1. The SMILES string of the molecule is Cc1c(-c2ccc3sccc3c2O)nnc2c1O[C@H]1CCCC[C@@H]1N2. The van der Waals surface area contributed by atoms with Gasteiger partial charge in [0.1, 0.15) is 17.5 Å². The average molecular weight is 353 g/mol. The molecule has 1 aliphatic carbocycles. The quantitative estimate of drug-likeness (QED) is 0.675. The first-order valence-corrected chi connectivity index (χ1v) is 9.60. The molecule has 25 heavy (non-hydrogen) atoms. The van der Waals surface area contributed by atoms with Gasteiger partial charge in [-0.2, -0.15) is 0 Å². The number of thiophene rings is 1. The fourth-order valence-electron chi connectivity index (χ4n) is 3.95. The van der Waals surface area contributed by atoms with Crippen molar-refractivity contribution >= 4 is 27.2 Å².